The number of nitrogens with one attached hydrogen (secondary N) is 2. The lowest BCUT2D eigenvalue weighted by Crippen LogP contribution is -2.30. The van der Waals surface area contributed by atoms with E-state index >= 15 is 0 Å². The van der Waals surface area contributed by atoms with Crippen molar-refractivity contribution in [2.75, 3.05) is 13.1 Å². The Balaban J connectivity index is 1.79. The van der Waals surface area contributed by atoms with Gasteiger partial charge in [0.15, 0.2) is 0 Å². The molecule has 1 saturated heterocycles. The monoisotopic (exact) mass is 177 g/mol. The number of rotatable bonds is 3. The summed E-state index contributed by atoms with van der Waals surface area (Å²) in [7, 11) is 0. The third kappa shape index (κ3) is 2.50. The standard InChI is InChI=1S/C10H15N3/c1-4-11-5-2-9(1)7-13-10-3-6-12-8-10/h1-2,4-5,10,12-13H,3,6-8H2/t10-/m0/s1. The van der Waals surface area contributed by atoms with Crippen molar-refractivity contribution < 1.29 is 0 Å². The van der Waals surface area contributed by atoms with Crippen molar-refractivity contribution in [1.82, 2.24) is 15.6 Å². The Bertz CT molecular complexity index is 242. The second-order valence-corrected chi connectivity index (χ2v) is 3.43. The molecule has 3 heteroatoms. The normalized spacial score (nSPS) is 22.0. The molecule has 0 saturated carbocycles. The second-order valence-electron chi connectivity index (χ2n) is 3.43. The number of pyridine rings is 1. The summed E-state index contributed by atoms with van der Waals surface area (Å²) in [5, 5.41) is 6.84. The van der Waals surface area contributed by atoms with Crippen LogP contribution in [0.3, 0.4) is 0 Å². The lowest BCUT2D eigenvalue weighted by molar-refractivity contribution is 0.547. The van der Waals surface area contributed by atoms with Crippen molar-refractivity contribution in [2.24, 2.45) is 0 Å². The van der Waals surface area contributed by atoms with E-state index in [1.807, 2.05) is 12.4 Å². The first-order chi connectivity index (χ1) is 6.45. The van der Waals surface area contributed by atoms with Gasteiger partial charge in [-0.3, -0.25) is 4.98 Å². The lowest BCUT2D eigenvalue weighted by atomic mass is 10.2. The fourth-order valence-electron chi connectivity index (χ4n) is 1.59. The van der Waals surface area contributed by atoms with E-state index < -0.39 is 0 Å². The van der Waals surface area contributed by atoms with Crippen LogP contribution in [0.1, 0.15) is 12.0 Å². The number of aromatic nitrogens is 1. The maximum Gasteiger partial charge on any atom is 0.0271 e. The highest BCUT2D eigenvalue weighted by molar-refractivity contribution is 5.09. The van der Waals surface area contributed by atoms with Crippen molar-refractivity contribution in [3.05, 3.63) is 30.1 Å². The molecular formula is C10H15N3. The molecule has 1 aliphatic rings. The summed E-state index contributed by atoms with van der Waals surface area (Å²) in [5.41, 5.74) is 1.31. The summed E-state index contributed by atoms with van der Waals surface area (Å²) >= 11 is 0. The number of hydrogen-bond acceptors (Lipinski definition) is 3. The SMILES string of the molecule is c1cc(CN[C@H]2CCNC2)ccn1. The summed E-state index contributed by atoms with van der Waals surface area (Å²) in [6, 6.07) is 4.75. The van der Waals surface area contributed by atoms with Gasteiger partial charge < -0.3 is 10.6 Å². The molecule has 0 aromatic carbocycles. The molecule has 0 bridgehead atoms. The van der Waals surface area contributed by atoms with Gasteiger partial charge in [0.2, 0.25) is 0 Å². The van der Waals surface area contributed by atoms with Gasteiger partial charge in [-0.2, -0.15) is 0 Å². The highest BCUT2D eigenvalue weighted by Gasteiger charge is 2.12. The molecule has 1 atom stereocenters. The molecular weight excluding hydrogens is 162 g/mol. The highest BCUT2D eigenvalue weighted by atomic mass is 15.0. The average Bonchev–Trinajstić information content (AvgIpc) is 2.69. The molecule has 1 aromatic heterocycles. The van der Waals surface area contributed by atoms with E-state index in [4.69, 9.17) is 0 Å². The van der Waals surface area contributed by atoms with E-state index in [9.17, 15) is 0 Å². The van der Waals surface area contributed by atoms with Gasteiger partial charge in [-0.15, -0.1) is 0 Å². The zero-order chi connectivity index (χ0) is 8.93. The highest BCUT2D eigenvalue weighted by Crippen LogP contribution is 2.00. The smallest absolute Gasteiger partial charge is 0.0271 e. The third-order valence-electron chi connectivity index (χ3n) is 2.40. The van der Waals surface area contributed by atoms with Gasteiger partial charge in [0.1, 0.15) is 0 Å². The minimum atomic E-state index is 0.646. The Labute approximate surface area is 78.6 Å². The molecule has 70 valence electrons. The minimum Gasteiger partial charge on any atom is -0.315 e. The molecule has 1 fully saturated rings. The fourth-order valence-corrected chi connectivity index (χ4v) is 1.59. The molecule has 13 heavy (non-hydrogen) atoms. The van der Waals surface area contributed by atoms with E-state index in [1.165, 1.54) is 12.0 Å². The minimum absolute atomic E-state index is 0.646. The van der Waals surface area contributed by atoms with Crippen LogP contribution in [0.4, 0.5) is 0 Å². The first-order valence-corrected chi connectivity index (χ1v) is 4.78. The van der Waals surface area contributed by atoms with Crippen molar-refractivity contribution in [3.8, 4) is 0 Å². The predicted molar refractivity (Wildman–Crippen MR) is 52.4 cm³/mol. The molecule has 2 rings (SSSR count). The van der Waals surface area contributed by atoms with Crippen LogP contribution >= 0.6 is 0 Å². The molecule has 2 N–H and O–H groups in total. The number of nitrogens with zero attached hydrogens (tertiary/aromatic N) is 1. The Morgan fingerprint density at radius 2 is 2.31 bits per heavy atom. The van der Waals surface area contributed by atoms with Gasteiger partial charge in [-0.1, -0.05) is 0 Å². The van der Waals surface area contributed by atoms with Gasteiger partial charge in [0.05, 0.1) is 0 Å². The van der Waals surface area contributed by atoms with Crippen LogP contribution < -0.4 is 10.6 Å². The molecule has 1 aliphatic heterocycles. The predicted octanol–water partition coefficient (Wildman–Crippen LogP) is 0.533. The average molecular weight is 177 g/mol. The Kier molecular flexibility index (Phi) is 2.90. The van der Waals surface area contributed by atoms with E-state index in [0.29, 0.717) is 6.04 Å². The first-order valence-electron chi connectivity index (χ1n) is 4.78. The summed E-state index contributed by atoms with van der Waals surface area (Å²) in [5.74, 6) is 0. The van der Waals surface area contributed by atoms with Crippen LogP contribution in [-0.2, 0) is 6.54 Å². The quantitative estimate of drug-likeness (QED) is 0.707. The first kappa shape index (κ1) is 8.66. The maximum absolute atomic E-state index is 3.99. The molecule has 0 amide bonds. The summed E-state index contributed by atoms with van der Waals surface area (Å²) < 4.78 is 0. The number of hydrogen-bond donors (Lipinski definition) is 2. The molecule has 0 aliphatic carbocycles. The van der Waals surface area contributed by atoms with Crippen molar-refractivity contribution >= 4 is 0 Å². The van der Waals surface area contributed by atoms with Crippen LogP contribution in [-0.4, -0.2) is 24.1 Å². The zero-order valence-corrected chi connectivity index (χ0v) is 7.66. The van der Waals surface area contributed by atoms with E-state index in [0.717, 1.165) is 19.6 Å². The van der Waals surface area contributed by atoms with Crippen LogP contribution in [0.25, 0.3) is 0 Å². The largest absolute Gasteiger partial charge is 0.315 e. The lowest BCUT2D eigenvalue weighted by Gasteiger charge is -2.10. The second kappa shape index (κ2) is 4.35. The fraction of sp³-hybridized carbons (Fsp3) is 0.500. The van der Waals surface area contributed by atoms with Gasteiger partial charge in [0.25, 0.3) is 0 Å². The van der Waals surface area contributed by atoms with Gasteiger partial charge >= 0.3 is 0 Å². The molecule has 0 spiro atoms. The van der Waals surface area contributed by atoms with Crippen LogP contribution in [0.5, 0.6) is 0 Å². The Hall–Kier alpha value is -0.930. The van der Waals surface area contributed by atoms with E-state index in [-0.39, 0.29) is 0 Å². The molecule has 1 aromatic rings. The topological polar surface area (TPSA) is 37.0 Å². The summed E-state index contributed by atoms with van der Waals surface area (Å²) in [6.07, 6.45) is 4.92. The Morgan fingerprint density at radius 1 is 1.46 bits per heavy atom. The molecule has 0 unspecified atom stereocenters. The van der Waals surface area contributed by atoms with Crippen LogP contribution in [0, 0.1) is 0 Å². The zero-order valence-electron chi connectivity index (χ0n) is 7.66. The van der Waals surface area contributed by atoms with Crippen molar-refractivity contribution in [1.29, 1.82) is 0 Å². The Morgan fingerprint density at radius 3 is 3.00 bits per heavy atom. The van der Waals surface area contributed by atoms with Gasteiger partial charge in [-0.25, -0.2) is 0 Å². The van der Waals surface area contributed by atoms with E-state index in [1.54, 1.807) is 0 Å². The van der Waals surface area contributed by atoms with Crippen LogP contribution in [0.15, 0.2) is 24.5 Å². The van der Waals surface area contributed by atoms with E-state index in [2.05, 4.69) is 27.8 Å². The molecule has 3 nitrogen and oxygen atoms in total. The summed E-state index contributed by atoms with van der Waals surface area (Å²) in [4.78, 5) is 3.99. The van der Waals surface area contributed by atoms with Gasteiger partial charge in [-0.05, 0) is 30.7 Å². The van der Waals surface area contributed by atoms with Crippen molar-refractivity contribution in [2.45, 2.75) is 19.0 Å². The summed E-state index contributed by atoms with van der Waals surface area (Å²) in [6.45, 7) is 3.20. The third-order valence-corrected chi connectivity index (χ3v) is 2.40. The van der Waals surface area contributed by atoms with Gasteiger partial charge in [0, 0.05) is 31.5 Å². The molecule has 2 heterocycles. The maximum atomic E-state index is 3.99. The van der Waals surface area contributed by atoms with Crippen LogP contribution in [0.2, 0.25) is 0 Å². The van der Waals surface area contributed by atoms with Crippen molar-refractivity contribution in [3.63, 3.8) is 0 Å². The molecule has 0 radical (unpaired) electrons.